The van der Waals surface area contributed by atoms with E-state index in [1.807, 2.05) is 65.4 Å². The normalized spacial score (nSPS) is 14.0. The van der Waals surface area contributed by atoms with Gasteiger partial charge in [-0.15, -0.1) is 0 Å². The first-order valence-corrected chi connectivity index (χ1v) is 10.4. The number of para-hydroxylation sites is 2. The second-order valence-corrected chi connectivity index (χ2v) is 7.61. The highest BCUT2D eigenvalue weighted by atomic mass is 16.5. The van der Waals surface area contributed by atoms with E-state index in [-0.39, 0.29) is 5.91 Å². The largest absolute Gasteiger partial charge is 0.378 e. The predicted octanol–water partition coefficient (Wildman–Crippen LogP) is 3.30. The van der Waals surface area contributed by atoms with Crippen LogP contribution in [0.25, 0.3) is 5.69 Å². The first kappa shape index (κ1) is 20.2. The molecule has 0 bridgehead atoms. The van der Waals surface area contributed by atoms with Crippen LogP contribution in [0.4, 0.5) is 5.69 Å². The zero-order valence-corrected chi connectivity index (χ0v) is 17.4. The first-order chi connectivity index (χ1) is 14.7. The Labute approximate surface area is 177 Å². The Bertz CT molecular complexity index is 964. The van der Waals surface area contributed by atoms with Gasteiger partial charge in [-0.1, -0.05) is 36.4 Å². The second-order valence-electron chi connectivity index (χ2n) is 7.61. The number of hydrogen-bond donors (Lipinski definition) is 0. The quantitative estimate of drug-likeness (QED) is 0.606. The van der Waals surface area contributed by atoms with E-state index in [9.17, 15) is 4.79 Å². The number of rotatable bonds is 7. The molecule has 0 spiro atoms. The number of anilines is 1. The van der Waals surface area contributed by atoms with Crippen molar-refractivity contribution in [3.63, 3.8) is 0 Å². The van der Waals surface area contributed by atoms with Crippen molar-refractivity contribution in [2.75, 3.05) is 38.3 Å². The minimum absolute atomic E-state index is 0.138. The van der Waals surface area contributed by atoms with Gasteiger partial charge in [0, 0.05) is 45.0 Å². The number of carbonyl (C=O) groups is 1. The molecule has 0 radical (unpaired) electrons. The average Bonchev–Trinajstić information content (AvgIpc) is 3.28. The first-order valence-electron chi connectivity index (χ1n) is 10.4. The Balaban J connectivity index is 1.34. The van der Waals surface area contributed by atoms with Crippen LogP contribution in [0.1, 0.15) is 17.5 Å². The van der Waals surface area contributed by atoms with Crippen LogP contribution in [0.2, 0.25) is 0 Å². The molecule has 3 aromatic rings. The molecule has 2 aromatic carbocycles. The van der Waals surface area contributed by atoms with Crippen molar-refractivity contribution in [1.82, 2.24) is 14.7 Å². The molecule has 0 saturated carbocycles. The van der Waals surface area contributed by atoms with Gasteiger partial charge in [-0.25, -0.2) is 4.68 Å². The van der Waals surface area contributed by atoms with Crippen molar-refractivity contribution < 1.29 is 9.53 Å². The molecule has 1 fully saturated rings. The number of carbonyl (C=O) groups excluding carboxylic acids is 1. The Morgan fingerprint density at radius 1 is 1.07 bits per heavy atom. The Hall–Kier alpha value is -3.12. The third-order valence-electron chi connectivity index (χ3n) is 5.46. The topological polar surface area (TPSA) is 50.6 Å². The zero-order chi connectivity index (χ0) is 20.8. The number of aromatic nitrogens is 2. The van der Waals surface area contributed by atoms with Gasteiger partial charge in [-0.05, 0) is 35.7 Å². The highest BCUT2D eigenvalue weighted by Crippen LogP contribution is 2.23. The van der Waals surface area contributed by atoms with Crippen LogP contribution < -0.4 is 4.90 Å². The second kappa shape index (κ2) is 9.59. The van der Waals surface area contributed by atoms with Crippen LogP contribution in [0.15, 0.2) is 67.0 Å². The molecule has 0 aliphatic carbocycles. The minimum atomic E-state index is 0.138. The molecule has 1 amide bonds. The van der Waals surface area contributed by atoms with E-state index in [1.54, 1.807) is 0 Å². The van der Waals surface area contributed by atoms with E-state index in [0.29, 0.717) is 19.4 Å². The zero-order valence-electron chi connectivity index (χ0n) is 17.4. The van der Waals surface area contributed by atoms with Crippen LogP contribution in [-0.4, -0.2) is 53.9 Å². The summed E-state index contributed by atoms with van der Waals surface area (Å²) in [5.74, 6) is 0.138. The number of ether oxygens (including phenoxy) is 1. The summed E-state index contributed by atoms with van der Waals surface area (Å²) in [7, 11) is 1.88. The highest BCUT2D eigenvalue weighted by Gasteiger charge is 2.17. The molecule has 2 heterocycles. The lowest BCUT2D eigenvalue weighted by atomic mass is 10.1. The summed E-state index contributed by atoms with van der Waals surface area (Å²) >= 11 is 0. The van der Waals surface area contributed by atoms with Crippen LogP contribution >= 0.6 is 0 Å². The van der Waals surface area contributed by atoms with Gasteiger partial charge in [0.25, 0.3) is 0 Å². The summed E-state index contributed by atoms with van der Waals surface area (Å²) in [4.78, 5) is 16.9. The monoisotopic (exact) mass is 404 g/mol. The number of morpholine rings is 1. The highest BCUT2D eigenvalue weighted by molar-refractivity contribution is 5.76. The van der Waals surface area contributed by atoms with Crippen molar-refractivity contribution >= 4 is 11.6 Å². The van der Waals surface area contributed by atoms with Gasteiger partial charge < -0.3 is 14.5 Å². The Morgan fingerprint density at radius 2 is 1.80 bits per heavy atom. The van der Waals surface area contributed by atoms with E-state index in [4.69, 9.17) is 4.74 Å². The number of amides is 1. The molecule has 0 unspecified atom stereocenters. The molecule has 6 nitrogen and oxygen atoms in total. The number of hydrogen-bond acceptors (Lipinski definition) is 4. The number of aryl methyl sites for hydroxylation is 1. The van der Waals surface area contributed by atoms with Crippen molar-refractivity contribution in [2.45, 2.75) is 19.4 Å². The van der Waals surface area contributed by atoms with Gasteiger partial charge in [-0.3, -0.25) is 4.79 Å². The van der Waals surface area contributed by atoms with Crippen LogP contribution in [0, 0.1) is 0 Å². The van der Waals surface area contributed by atoms with E-state index in [1.165, 1.54) is 11.3 Å². The Kier molecular flexibility index (Phi) is 6.44. The van der Waals surface area contributed by atoms with E-state index < -0.39 is 0 Å². The molecule has 1 saturated heterocycles. The van der Waals surface area contributed by atoms with E-state index in [2.05, 4.69) is 28.2 Å². The molecular formula is C24H28N4O2. The molecule has 30 heavy (non-hydrogen) atoms. The smallest absolute Gasteiger partial charge is 0.222 e. The fraction of sp³-hybridized carbons (Fsp3) is 0.333. The lowest BCUT2D eigenvalue weighted by Gasteiger charge is -2.31. The average molecular weight is 405 g/mol. The fourth-order valence-corrected chi connectivity index (χ4v) is 3.75. The lowest BCUT2D eigenvalue weighted by Crippen LogP contribution is -2.37. The standard InChI is InChI=1S/C24H28N4O2/c1-26(19-21-7-5-6-10-23(21)27-13-15-30-16-14-27)24(29)12-11-20-17-25-28(18-20)22-8-3-2-4-9-22/h2-10,17-18H,11-16,19H2,1H3. The molecule has 1 aromatic heterocycles. The summed E-state index contributed by atoms with van der Waals surface area (Å²) in [5.41, 5.74) is 4.46. The van der Waals surface area contributed by atoms with Gasteiger partial charge in [0.1, 0.15) is 0 Å². The molecule has 4 rings (SSSR count). The SMILES string of the molecule is CN(Cc1ccccc1N1CCOCC1)C(=O)CCc1cnn(-c2ccccc2)c1. The van der Waals surface area contributed by atoms with Crippen molar-refractivity contribution in [2.24, 2.45) is 0 Å². The number of benzene rings is 2. The maximum Gasteiger partial charge on any atom is 0.222 e. The van der Waals surface area contributed by atoms with Crippen LogP contribution in [0.3, 0.4) is 0 Å². The van der Waals surface area contributed by atoms with E-state index >= 15 is 0 Å². The molecule has 1 aliphatic rings. The van der Waals surface area contributed by atoms with Gasteiger partial charge in [0.05, 0.1) is 25.1 Å². The third kappa shape index (κ3) is 4.89. The molecule has 1 aliphatic heterocycles. The fourth-order valence-electron chi connectivity index (χ4n) is 3.75. The molecule has 6 heteroatoms. The summed E-state index contributed by atoms with van der Waals surface area (Å²) in [6.45, 7) is 3.88. The predicted molar refractivity (Wildman–Crippen MR) is 118 cm³/mol. The van der Waals surface area contributed by atoms with Gasteiger partial charge >= 0.3 is 0 Å². The van der Waals surface area contributed by atoms with Gasteiger partial charge in [-0.2, -0.15) is 5.10 Å². The van der Waals surface area contributed by atoms with Crippen LogP contribution in [-0.2, 0) is 22.5 Å². The van der Waals surface area contributed by atoms with Crippen molar-refractivity contribution in [1.29, 1.82) is 0 Å². The number of nitrogens with zero attached hydrogens (tertiary/aromatic N) is 4. The molecule has 0 N–H and O–H groups in total. The maximum absolute atomic E-state index is 12.8. The van der Waals surface area contributed by atoms with Crippen molar-refractivity contribution in [3.05, 3.63) is 78.1 Å². The van der Waals surface area contributed by atoms with Crippen LogP contribution in [0.5, 0.6) is 0 Å². The summed E-state index contributed by atoms with van der Waals surface area (Å²) in [6.07, 6.45) is 4.99. The molecular weight excluding hydrogens is 376 g/mol. The summed E-state index contributed by atoms with van der Waals surface area (Å²) < 4.78 is 7.32. The third-order valence-corrected chi connectivity index (χ3v) is 5.46. The van der Waals surface area contributed by atoms with Gasteiger partial charge in [0.2, 0.25) is 5.91 Å². The Morgan fingerprint density at radius 3 is 2.60 bits per heavy atom. The van der Waals surface area contributed by atoms with Gasteiger partial charge in [0.15, 0.2) is 0 Å². The minimum Gasteiger partial charge on any atom is -0.378 e. The van der Waals surface area contributed by atoms with E-state index in [0.717, 1.165) is 37.6 Å². The molecule has 0 atom stereocenters. The van der Waals surface area contributed by atoms with Crippen molar-refractivity contribution in [3.8, 4) is 5.69 Å². The summed E-state index contributed by atoms with van der Waals surface area (Å²) in [5, 5.41) is 4.42. The molecule has 156 valence electrons. The summed E-state index contributed by atoms with van der Waals surface area (Å²) in [6, 6.07) is 18.3. The maximum atomic E-state index is 12.8. The lowest BCUT2D eigenvalue weighted by molar-refractivity contribution is -0.130.